The van der Waals surface area contributed by atoms with Crippen molar-refractivity contribution < 1.29 is 5.11 Å². The second-order valence-electron chi connectivity index (χ2n) is 7.77. The van der Waals surface area contributed by atoms with Crippen LogP contribution in [0.1, 0.15) is 56.1 Å². The van der Waals surface area contributed by atoms with Gasteiger partial charge in [0.15, 0.2) is 0 Å². The van der Waals surface area contributed by atoms with E-state index in [-0.39, 0.29) is 6.10 Å². The Bertz CT molecular complexity index is 666. The lowest BCUT2D eigenvalue weighted by molar-refractivity contribution is 0.0516. The van der Waals surface area contributed by atoms with E-state index in [1.165, 1.54) is 5.56 Å². The standard InChI is InChI=1S/C22H31N3O/c1-17(2)22-23-13-10-20(24-22)16-25-14-11-19(12-15-25)21(26)9-8-18-6-4-3-5-7-18/h3-7,10,13,17,19,21,26H,8-9,11-12,14-16H2,1-2H3. The first-order valence-electron chi connectivity index (χ1n) is 9.88. The van der Waals surface area contributed by atoms with Gasteiger partial charge in [0.05, 0.1) is 11.8 Å². The van der Waals surface area contributed by atoms with Gasteiger partial charge in [0.1, 0.15) is 5.82 Å². The van der Waals surface area contributed by atoms with Crippen molar-refractivity contribution in [3.05, 3.63) is 59.7 Å². The third-order valence-electron chi connectivity index (χ3n) is 5.38. The van der Waals surface area contributed by atoms with E-state index < -0.39 is 0 Å². The van der Waals surface area contributed by atoms with Crippen LogP contribution in [0.25, 0.3) is 0 Å². The molecular formula is C22H31N3O. The van der Waals surface area contributed by atoms with Crippen LogP contribution in [-0.2, 0) is 13.0 Å². The van der Waals surface area contributed by atoms with Crippen molar-refractivity contribution in [2.24, 2.45) is 5.92 Å². The topological polar surface area (TPSA) is 49.2 Å². The van der Waals surface area contributed by atoms with Gasteiger partial charge in [-0.05, 0) is 56.3 Å². The quantitative estimate of drug-likeness (QED) is 0.822. The average molecular weight is 354 g/mol. The largest absolute Gasteiger partial charge is 0.393 e. The normalized spacial score (nSPS) is 17.5. The van der Waals surface area contributed by atoms with Gasteiger partial charge in [-0.15, -0.1) is 0 Å². The van der Waals surface area contributed by atoms with Crippen molar-refractivity contribution in [2.45, 2.75) is 58.1 Å². The zero-order valence-electron chi connectivity index (χ0n) is 16.0. The van der Waals surface area contributed by atoms with Gasteiger partial charge in [0, 0.05) is 18.7 Å². The van der Waals surface area contributed by atoms with Gasteiger partial charge in [0.2, 0.25) is 0 Å². The van der Waals surface area contributed by atoms with E-state index in [2.05, 4.69) is 53.0 Å². The number of aryl methyl sites for hydroxylation is 1. The molecule has 0 radical (unpaired) electrons. The lowest BCUT2D eigenvalue weighted by Gasteiger charge is -2.34. The van der Waals surface area contributed by atoms with Gasteiger partial charge in [0.25, 0.3) is 0 Å². The summed E-state index contributed by atoms with van der Waals surface area (Å²) in [6.07, 6.45) is 5.64. The lowest BCUT2D eigenvalue weighted by Crippen LogP contribution is -2.37. The number of aromatic nitrogens is 2. The predicted molar refractivity (Wildman–Crippen MR) is 105 cm³/mol. The molecule has 1 aromatic heterocycles. The van der Waals surface area contributed by atoms with E-state index in [9.17, 15) is 5.11 Å². The predicted octanol–water partition coefficient (Wildman–Crippen LogP) is 3.81. The molecule has 0 spiro atoms. The second-order valence-corrected chi connectivity index (χ2v) is 7.77. The Morgan fingerprint density at radius 3 is 2.54 bits per heavy atom. The van der Waals surface area contributed by atoms with Gasteiger partial charge in [-0.3, -0.25) is 4.90 Å². The molecule has 1 aromatic carbocycles. The molecule has 2 heterocycles. The molecule has 1 fully saturated rings. The molecule has 0 bridgehead atoms. The molecule has 26 heavy (non-hydrogen) atoms. The van der Waals surface area contributed by atoms with Crippen molar-refractivity contribution >= 4 is 0 Å². The molecule has 1 saturated heterocycles. The van der Waals surface area contributed by atoms with Crippen LogP contribution in [0.15, 0.2) is 42.6 Å². The van der Waals surface area contributed by atoms with E-state index >= 15 is 0 Å². The molecule has 1 unspecified atom stereocenters. The third-order valence-corrected chi connectivity index (χ3v) is 5.38. The van der Waals surface area contributed by atoms with Crippen LogP contribution < -0.4 is 0 Å². The molecule has 140 valence electrons. The molecule has 4 nitrogen and oxygen atoms in total. The summed E-state index contributed by atoms with van der Waals surface area (Å²) in [6, 6.07) is 12.5. The first-order chi connectivity index (χ1) is 12.6. The van der Waals surface area contributed by atoms with Crippen molar-refractivity contribution in [1.82, 2.24) is 14.9 Å². The Kier molecular flexibility index (Phi) is 6.75. The maximum absolute atomic E-state index is 10.6. The Labute approximate surface area is 157 Å². The van der Waals surface area contributed by atoms with Crippen molar-refractivity contribution in [3.63, 3.8) is 0 Å². The van der Waals surface area contributed by atoms with Crippen LogP contribution >= 0.6 is 0 Å². The van der Waals surface area contributed by atoms with Crippen LogP contribution in [0.4, 0.5) is 0 Å². The van der Waals surface area contributed by atoms with Gasteiger partial charge >= 0.3 is 0 Å². The van der Waals surface area contributed by atoms with Crippen LogP contribution in [-0.4, -0.2) is 39.2 Å². The molecule has 4 heteroatoms. The second kappa shape index (κ2) is 9.24. The molecule has 0 amide bonds. The molecule has 0 aliphatic carbocycles. The van der Waals surface area contributed by atoms with E-state index in [0.29, 0.717) is 11.8 Å². The number of benzene rings is 1. The Balaban J connectivity index is 1.44. The number of piperidine rings is 1. The zero-order chi connectivity index (χ0) is 18.4. The summed E-state index contributed by atoms with van der Waals surface area (Å²) in [6.45, 7) is 7.21. The van der Waals surface area contributed by atoms with Crippen LogP contribution in [0.3, 0.4) is 0 Å². The number of rotatable bonds is 7. The number of aliphatic hydroxyl groups is 1. The van der Waals surface area contributed by atoms with E-state index in [4.69, 9.17) is 0 Å². The molecule has 0 saturated carbocycles. The molecule has 1 aliphatic rings. The molecule has 1 atom stereocenters. The fourth-order valence-corrected chi connectivity index (χ4v) is 3.70. The van der Waals surface area contributed by atoms with Gasteiger partial charge in [-0.1, -0.05) is 44.2 Å². The van der Waals surface area contributed by atoms with Crippen LogP contribution in [0.5, 0.6) is 0 Å². The molecule has 1 aliphatic heterocycles. The van der Waals surface area contributed by atoms with E-state index in [1.807, 2.05) is 18.3 Å². The summed E-state index contributed by atoms with van der Waals surface area (Å²) in [4.78, 5) is 11.5. The maximum atomic E-state index is 10.6. The van der Waals surface area contributed by atoms with Crippen molar-refractivity contribution in [2.75, 3.05) is 13.1 Å². The van der Waals surface area contributed by atoms with Gasteiger partial charge in [-0.2, -0.15) is 0 Å². The number of nitrogens with zero attached hydrogens (tertiary/aromatic N) is 3. The average Bonchev–Trinajstić information content (AvgIpc) is 2.68. The van der Waals surface area contributed by atoms with Gasteiger partial charge in [-0.25, -0.2) is 9.97 Å². The fourth-order valence-electron chi connectivity index (χ4n) is 3.70. The summed E-state index contributed by atoms with van der Waals surface area (Å²) >= 11 is 0. The highest BCUT2D eigenvalue weighted by Crippen LogP contribution is 2.24. The van der Waals surface area contributed by atoms with Crippen LogP contribution in [0, 0.1) is 5.92 Å². The third kappa shape index (κ3) is 5.36. The Morgan fingerprint density at radius 2 is 1.85 bits per heavy atom. The van der Waals surface area contributed by atoms with Gasteiger partial charge < -0.3 is 5.11 Å². The minimum Gasteiger partial charge on any atom is -0.393 e. The molecular weight excluding hydrogens is 322 g/mol. The highest BCUT2D eigenvalue weighted by atomic mass is 16.3. The first kappa shape index (κ1) is 19.0. The number of hydrogen-bond donors (Lipinski definition) is 1. The summed E-state index contributed by atoms with van der Waals surface area (Å²) in [7, 11) is 0. The first-order valence-corrected chi connectivity index (χ1v) is 9.88. The highest BCUT2D eigenvalue weighted by molar-refractivity contribution is 5.14. The Morgan fingerprint density at radius 1 is 1.12 bits per heavy atom. The highest BCUT2D eigenvalue weighted by Gasteiger charge is 2.25. The Hall–Kier alpha value is -1.78. The number of aliphatic hydroxyl groups excluding tert-OH is 1. The molecule has 1 N–H and O–H groups in total. The SMILES string of the molecule is CC(C)c1nccc(CN2CCC(C(O)CCc3ccccc3)CC2)n1. The van der Waals surface area contributed by atoms with E-state index in [0.717, 1.165) is 56.8 Å². The number of likely N-dealkylation sites (tertiary alicyclic amines) is 1. The number of hydrogen-bond acceptors (Lipinski definition) is 4. The molecule has 3 rings (SSSR count). The minimum absolute atomic E-state index is 0.191. The summed E-state index contributed by atoms with van der Waals surface area (Å²) in [5, 5.41) is 10.6. The van der Waals surface area contributed by atoms with E-state index in [1.54, 1.807) is 0 Å². The smallest absolute Gasteiger partial charge is 0.131 e. The minimum atomic E-state index is -0.191. The fraction of sp³-hybridized carbons (Fsp3) is 0.545. The maximum Gasteiger partial charge on any atom is 0.131 e. The summed E-state index contributed by atoms with van der Waals surface area (Å²) < 4.78 is 0. The molecule has 2 aromatic rings. The van der Waals surface area contributed by atoms with Crippen molar-refractivity contribution in [1.29, 1.82) is 0 Å². The summed E-state index contributed by atoms with van der Waals surface area (Å²) in [5.74, 6) is 1.71. The van der Waals surface area contributed by atoms with Crippen molar-refractivity contribution in [3.8, 4) is 0 Å². The lowest BCUT2D eigenvalue weighted by atomic mass is 9.88. The summed E-state index contributed by atoms with van der Waals surface area (Å²) in [5.41, 5.74) is 2.42. The monoisotopic (exact) mass is 353 g/mol. The van der Waals surface area contributed by atoms with Crippen LogP contribution in [0.2, 0.25) is 0 Å². The zero-order valence-corrected chi connectivity index (χ0v) is 16.0.